The van der Waals surface area contributed by atoms with Crippen LogP contribution in [-0.4, -0.2) is 30.0 Å². The highest BCUT2D eigenvalue weighted by Gasteiger charge is 2.21. The first kappa shape index (κ1) is 9.03. The number of nitrogens with one attached hydrogen (secondary N) is 1. The third-order valence-electron chi connectivity index (χ3n) is 1.71. The fraction of sp³-hybridized carbons (Fsp3) is 0.857. The van der Waals surface area contributed by atoms with E-state index in [9.17, 15) is 4.79 Å². The summed E-state index contributed by atoms with van der Waals surface area (Å²) in [5.74, 6) is 0.747. The molecule has 3 N–H and O–H groups in total. The van der Waals surface area contributed by atoms with Crippen molar-refractivity contribution < 1.29 is 4.79 Å². The molecule has 0 spiro atoms. The second-order valence-corrected chi connectivity index (χ2v) is 3.70. The first-order valence-corrected chi connectivity index (χ1v) is 4.93. The number of nitrogens with two attached hydrogens (primary N) is 1. The minimum Gasteiger partial charge on any atom is -0.330 e. The Morgan fingerprint density at radius 2 is 2.55 bits per heavy atom. The maximum atomic E-state index is 11.2. The standard InChI is InChI=1S/C7H14N2OS/c8-3-5-11-7(10)6-2-1-4-9-6/h6,9H,1-5,8H2. The molecule has 1 aliphatic rings. The maximum absolute atomic E-state index is 11.2. The fourth-order valence-electron chi connectivity index (χ4n) is 1.15. The Kier molecular flexibility index (Phi) is 3.90. The van der Waals surface area contributed by atoms with Crippen molar-refractivity contribution in [2.45, 2.75) is 18.9 Å². The molecule has 1 saturated heterocycles. The van der Waals surface area contributed by atoms with Gasteiger partial charge >= 0.3 is 0 Å². The summed E-state index contributed by atoms with van der Waals surface area (Å²) < 4.78 is 0. The van der Waals surface area contributed by atoms with Crippen LogP contribution >= 0.6 is 11.8 Å². The van der Waals surface area contributed by atoms with E-state index in [4.69, 9.17) is 5.73 Å². The molecule has 1 aliphatic heterocycles. The molecule has 1 heterocycles. The maximum Gasteiger partial charge on any atom is 0.205 e. The van der Waals surface area contributed by atoms with E-state index < -0.39 is 0 Å². The van der Waals surface area contributed by atoms with Crippen LogP contribution in [0, 0.1) is 0 Å². The molecule has 0 aromatic heterocycles. The summed E-state index contributed by atoms with van der Waals surface area (Å²) >= 11 is 1.35. The van der Waals surface area contributed by atoms with E-state index >= 15 is 0 Å². The van der Waals surface area contributed by atoms with Crippen LogP contribution in [0.15, 0.2) is 0 Å². The minimum absolute atomic E-state index is 0.103. The summed E-state index contributed by atoms with van der Waals surface area (Å²) in [4.78, 5) is 11.2. The molecular weight excluding hydrogens is 160 g/mol. The lowest BCUT2D eigenvalue weighted by atomic mass is 10.2. The number of hydrogen-bond acceptors (Lipinski definition) is 4. The Balaban J connectivity index is 2.17. The van der Waals surface area contributed by atoms with Gasteiger partial charge in [-0.2, -0.15) is 0 Å². The quantitative estimate of drug-likeness (QED) is 0.630. The van der Waals surface area contributed by atoms with Crippen molar-refractivity contribution in [2.75, 3.05) is 18.8 Å². The van der Waals surface area contributed by atoms with Crippen LogP contribution < -0.4 is 11.1 Å². The zero-order valence-electron chi connectivity index (χ0n) is 6.51. The van der Waals surface area contributed by atoms with E-state index in [1.165, 1.54) is 11.8 Å². The van der Waals surface area contributed by atoms with Crippen LogP contribution in [0.3, 0.4) is 0 Å². The van der Waals surface area contributed by atoms with Crippen molar-refractivity contribution in [2.24, 2.45) is 5.73 Å². The average molecular weight is 174 g/mol. The summed E-state index contributed by atoms with van der Waals surface area (Å²) in [7, 11) is 0. The van der Waals surface area contributed by atoms with Crippen molar-refractivity contribution in [3.8, 4) is 0 Å². The molecule has 0 amide bonds. The molecule has 0 bridgehead atoms. The summed E-state index contributed by atoms with van der Waals surface area (Å²) in [5, 5.41) is 3.41. The summed E-state index contributed by atoms with van der Waals surface area (Å²) in [6, 6.07) is 0.103. The molecule has 0 aliphatic carbocycles. The highest BCUT2D eigenvalue weighted by molar-refractivity contribution is 8.13. The van der Waals surface area contributed by atoms with Crippen molar-refractivity contribution in [1.29, 1.82) is 0 Å². The van der Waals surface area contributed by atoms with Gasteiger partial charge in [0.1, 0.15) is 0 Å². The predicted molar refractivity (Wildman–Crippen MR) is 47.5 cm³/mol. The van der Waals surface area contributed by atoms with Gasteiger partial charge in [-0.15, -0.1) is 0 Å². The van der Waals surface area contributed by atoms with Gasteiger partial charge in [-0.1, -0.05) is 11.8 Å². The van der Waals surface area contributed by atoms with Gasteiger partial charge in [-0.3, -0.25) is 4.79 Å². The Morgan fingerprint density at radius 1 is 1.73 bits per heavy atom. The highest BCUT2D eigenvalue weighted by Crippen LogP contribution is 2.13. The molecule has 0 aromatic rings. The van der Waals surface area contributed by atoms with Crippen LogP contribution in [0.2, 0.25) is 0 Å². The molecule has 1 atom stereocenters. The number of rotatable bonds is 3. The Morgan fingerprint density at radius 3 is 3.09 bits per heavy atom. The zero-order valence-corrected chi connectivity index (χ0v) is 7.32. The molecule has 11 heavy (non-hydrogen) atoms. The Hall–Kier alpha value is -0.0600. The fourth-order valence-corrected chi connectivity index (χ4v) is 1.87. The first-order valence-electron chi connectivity index (χ1n) is 3.94. The zero-order chi connectivity index (χ0) is 8.10. The Bertz CT molecular complexity index is 134. The summed E-state index contributed by atoms with van der Waals surface area (Å²) in [5.41, 5.74) is 5.28. The summed E-state index contributed by atoms with van der Waals surface area (Å²) in [6.07, 6.45) is 2.12. The molecular formula is C7H14N2OS. The van der Waals surface area contributed by atoms with Crippen LogP contribution in [0.1, 0.15) is 12.8 Å². The van der Waals surface area contributed by atoms with Crippen LogP contribution in [-0.2, 0) is 4.79 Å². The number of thioether (sulfide) groups is 1. The normalized spacial score (nSPS) is 23.9. The molecule has 1 rings (SSSR count). The lowest BCUT2D eigenvalue weighted by molar-refractivity contribution is -0.112. The van der Waals surface area contributed by atoms with Crippen LogP contribution in [0.25, 0.3) is 0 Å². The van der Waals surface area contributed by atoms with Gasteiger partial charge in [0.2, 0.25) is 5.12 Å². The van der Waals surface area contributed by atoms with Crippen molar-refractivity contribution in [3.05, 3.63) is 0 Å². The molecule has 0 aromatic carbocycles. The largest absolute Gasteiger partial charge is 0.330 e. The van der Waals surface area contributed by atoms with Gasteiger partial charge in [-0.05, 0) is 19.4 Å². The van der Waals surface area contributed by atoms with Gasteiger partial charge in [0.25, 0.3) is 0 Å². The van der Waals surface area contributed by atoms with Crippen molar-refractivity contribution in [3.63, 3.8) is 0 Å². The van der Waals surface area contributed by atoms with Crippen molar-refractivity contribution in [1.82, 2.24) is 5.32 Å². The average Bonchev–Trinajstić information content (AvgIpc) is 2.52. The summed E-state index contributed by atoms with van der Waals surface area (Å²) in [6.45, 7) is 1.57. The van der Waals surface area contributed by atoms with Gasteiger partial charge < -0.3 is 11.1 Å². The van der Waals surface area contributed by atoms with Gasteiger partial charge in [0, 0.05) is 12.3 Å². The third kappa shape index (κ3) is 2.81. The lowest BCUT2D eigenvalue weighted by Gasteiger charge is -2.06. The van der Waals surface area contributed by atoms with E-state index in [1.54, 1.807) is 0 Å². The molecule has 1 unspecified atom stereocenters. The number of carbonyl (C=O) groups excluding carboxylic acids is 1. The molecule has 4 heteroatoms. The molecule has 64 valence electrons. The predicted octanol–water partition coefficient (Wildman–Crippen LogP) is -0.0431. The van der Waals surface area contributed by atoms with Crippen LogP contribution in [0.4, 0.5) is 0 Å². The van der Waals surface area contributed by atoms with E-state index in [1.807, 2.05) is 0 Å². The molecule has 0 saturated carbocycles. The molecule has 3 nitrogen and oxygen atoms in total. The third-order valence-corrected chi connectivity index (χ3v) is 2.72. The van der Waals surface area contributed by atoms with E-state index in [0.29, 0.717) is 6.54 Å². The monoisotopic (exact) mass is 174 g/mol. The highest BCUT2D eigenvalue weighted by atomic mass is 32.2. The smallest absolute Gasteiger partial charge is 0.205 e. The molecule has 0 radical (unpaired) electrons. The Labute approximate surface area is 71.1 Å². The SMILES string of the molecule is NCCSC(=O)C1CCCN1. The van der Waals surface area contributed by atoms with Gasteiger partial charge in [0.05, 0.1) is 6.04 Å². The van der Waals surface area contributed by atoms with E-state index in [2.05, 4.69) is 5.32 Å². The van der Waals surface area contributed by atoms with Crippen LogP contribution in [0.5, 0.6) is 0 Å². The molecule has 1 fully saturated rings. The second-order valence-electron chi connectivity index (χ2n) is 2.61. The number of carbonyl (C=O) groups is 1. The second kappa shape index (κ2) is 4.74. The topological polar surface area (TPSA) is 55.1 Å². The van der Waals surface area contributed by atoms with Gasteiger partial charge in [0.15, 0.2) is 0 Å². The lowest BCUT2D eigenvalue weighted by Crippen LogP contribution is -2.29. The van der Waals surface area contributed by atoms with E-state index in [0.717, 1.165) is 25.1 Å². The minimum atomic E-state index is 0.103. The van der Waals surface area contributed by atoms with Crippen molar-refractivity contribution >= 4 is 16.9 Å². The first-order chi connectivity index (χ1) is 5.34. The van der Waals surface area contributed by atoms with E-state index in [-0.39, 0.29) is 11.2 Å². The number of hydrogen-bond donors (Lipinski definition) is 2. The van der Waals surface area contributed by atoms with Gasteiger partial charge in [-0.25, -0.2) is 0 Å².